The highest BCUT2D eigenvalue weighted by atomic mass is 28.2. The van der Waals surface area contributed by atoms with Crippen molar-refractivity contribution in [2.75, 3.05) is 0 Å². The molecule has 1 heterocycles. The molecule has 0 N–H and O–H groups in total. The Kier molecular flexibility index (Phi) is 7.59. The zero-order chi connectivity index (χ0) is 16.5. The molecular formula is C15H23N3O3Si. The zero-order valence-corrected chi connectivity index (χ0v) is 14.1. The molecule has 1 aromatic rings. The van der Waals surface area contributed by atoms with Crippen LogP contribution >= 0.6 is 0 Å². The number of unbranched alkanes of at least 4 members (excludes halogenated alkanes) is 2. The first-order valence-corrected chi connectivity index (χ1v) is 8.86. The molecule has 6 nitrogen and oxygen atoms in total. The summed E-state index contributed by atoms with van der Waals surface area (Å²) in [5.74, 6) is 0. The van der Waals surface area contributed by atoms with Crippen LogP contribution in [0.1, 0.15) is 26.2 Å². The number of aromatic nitrogens is 3. The van der Waals surface area contributed by atoms with Gasteiger partial charge in [0, 0.05) is 6.17 Å². The SMILES string of the molecule is C=CCn1c(=O)n(CC=C)c(=O)n(C[Si]CCCCC)c1=O. The van der Waals surface area contributed by atoms with Crippen molar-refractivity contribution in [2.24, 2.45) is 0 Å². The van der Waals surface area contributed by atoms with Gasteiger partial charge in [-0.05, 0) is 0 Å². The minimum atomic E-state index is -0.611. The summed E-state index contributed by atoms with van der Waals surface area (Å²) in [6.45, 7) is 9.41. The van der Waals surface area contributed by atoms with Crippen molar-refractivity contribution in [3.63, 3.8) is 0 Å². The van der Waals surface area contributed by atoms with Gasteiger partial charge < -0.3 is 0 Å². The van der Waals surface area contributed by atoms with E-state index < -0.39 is 17.1 Å². The monoisotopic (exact) mass is 321 g/mol. The number of hydrogen-bond acceptors (Lipinski definition) is 3. The van der Waals surface area contributed by atoms with Gasteiger partial charge in [0.15, 0.2) is 0 Å². The number of allylic oxidation sites excluding steroid dienone is 2. The number of rotatable bonds is 10. The summed E-state index contributed by atoms with van der Waals surface area (Å²) >= 11 is 0. The fourth-order valence-corrected chi connectivity index (χ4v) is 3.23. The quantitative estimate of drug-likeness (QED) is 0.364. The van der Waals surface area contributed by atoms with Crippen LogP contribution in [-0.4, -0.2) is 23.2 Å². The Hall–Kier alpha value is -1.89. The van der Waals surface area contributed by atoms with E-state index in [-0.39, 0.29) is 13.1 Å². The van der Waals surface area contributed by atoms with Crippen molar-refractivity contribution < 1.29 is 0 Å². The molecule has 0 bridgehead atoms. The summed E-state index contributed by atoms with van der Waals surface area (Å²) in [4.78, 5) is 36.8. The van der Waals surface area contributed by atoms with E-state index in [2.05, 4.69) is 20.1 Å². The van der Waals surface area contributed by atoms with Gasteiger partial charge in [-0.1, -0.05) is 44.4 Å². The van der Waals surface area contributed by atoms with Crippen molar-refractivity contribution in [1.82, 2.24) is 13.7 Å². The predicted molar refractivity (Wildman–Crippen MR) is 89.7 cm³/mol. The van der Waals surface area contributed by atoms with Gasteiger partial charge >= 0.3 is 17.1 Å². The third-order valence-electron chi connectivity index (χ3n) is 3.24. The van der Waals surface area contributed by atoms with E-state index in [1.165, 1.54) is 12.2 Å². The smallest absolute Gasteiger partial charge is 0.248 e. The van der Waals surface area contributed by atoms with Crippen LogP contribution < -0.4 is 17.1 Å². The van der Waals surface area contributed by atoms with Crippen LogP contribution in [0, 0.1) is 0 Å². The summed E-state index contributed by atoms with van der Waals surface area (Å²) in [7, 11) is 0.489. The van der Waals surface area contributed by atoms with Gasteiger partial charge in [-0.3, -0.25) is 0 Å². The fourth-order valence-electron chi connectivity index (χ4n) is 2.08. The van der Waals surface area contributed by atoms with Crippen molar-refractivity contribution in [3.05, 3.63) is 56.8 Å². The minimum absolute atomic E-state index is 0.0913. The molecule has 0 saturated carbocycles. The van der Waals surface area contributed by atoms with Gasteiger partial charge in [-0.15, -0.1) is 13.2 Å². The molecule has 0 saturated heterocycles. The molecule has 0 aliphatic heterocycles. The van der Waals surface area contributed by atoms with Crippen LogP contribution in [0.4, 0.5) is 0 Å². The molecule has 0 atom stereocenters. The maximum atomic E-state index is 12.3. The van der Waals surface area contributed by atoms with E-state index in [4.69, 9.17) is 0 Å². The summed E-state index contributed by atoms with van der Waals surface area (Å²) in [6, 6.07) is 0.988. The molecule has 0 amide bonds. The Morgan fingerprint density at radius 3 is 1.86 bits per heavy atom. The molecule has 0 fully saturated rings. The molecule has 0 aliphatic rings. The first kappa shape index (κ1) is 18.2. The summed E-state index contributed by atoms with van der Waals surface area (Å²) < 4.78 is 3.22. The molecule has 0 aromatic carbocycles. The second kappa shape index (κ2) is 9.19. The summed E-state index contributed by atoms with van der Waals surface area (Å²) in [5.41, 5.74) is -1.73. The largest absolute Gasteiger partial charge is 0.336 e. The van der Waals surface area contributed by atoms with Crippen molar-refractivity contribution in [2.45, 2.75) is 51.5 Å². The van der Waals surface area contributed by atoms with E-state index >= 15 is 0 Å². The molecule has 0 unspecified atom stereocenters. The highest BCUT2D eigenvalue weighted by Gasteiger charge is 2.13. The van der Waals surface area contributed by atoms with Crippen molar-refractivity contribution in [3.8, 4) is 0 Å². The lowest BCUT2D eigenvalue weighted by Gasteiger charge is -2.11. The van der Waals surface area contributed by atoms with Crippen LogP contribution in [0.3, 0.4) is 0 Å². The fraction of sp³-hybridized carbons (Fsp3) is 0.533. The Morgan fingerprint density at radius 1 is 0.909 bits per heavy atom. The standard InChI is InChI=1S/C15H23N3O3Si/c1-4-7-8-11-22-12-18-14(20)16(9-5-2)13(19)17(10-6-3)15(18)21/h5-6H,2-4,7-12H2,1H3. The third-order valence-corrected chi connectivity index (χ3v) is 4.48. The van der Waals surface area contributed by atoms with Crippen molar-refractivity contribution in [1.29, 1.82) is 0 Å². The second-order valence-corrected chi connectivity index (χ2v) is 6.26. The Bertz CT molecular complexity index is 636. The molecule has 1 rings (SSSR count). The lowest BCUT2D eigenvalue weighted by Crippen LogP contribution is -2.54. The van der Waals surface area contributed by atoms with Crippen LogP contribution in [0.2, 0.25) is 6.04 Å². The van der Waals surface area contributed by atoms with Gasteiger partial charge in [-0.25, -0.2) is 28.1 Å². The molecule has 7 heteroatoms. The number of nitrogens with zero attached hydrogens (tertiary/aromatic N) is 3. The van der Waals surface area contributed by atoms with Gasteiger partial charge in [-0.2, -0.15) is 0 Å². The van der Waals surface area contributed by atoms with Gasteiger partial charge in [0.25, 0.3) is 0 Å². The average molecular weight is 321 g/mol. The Labute approximate surface area is 132 Å². The molecule has 2 radical (unpaired) electrons. The molecule has 120 valence electrons. The maximum Gasteiger partial charge on any atom is 0.336 e. The molecule has 1 aromatic heterocycles. The molecular weight excluding hydrogens is 298 g/mol. The number of hydrogen-bond donors (Lipinski definition) is 0. The van der Waals surface area contributed by atoms with E-state index in [1.54, 1.807) is 0 Å². The predicted octanol–water partition coefficient (Wildman–Crippen LogP) is 0.814. The lowest BCUT2D eigenvalue weighted by molar-refractivity contribution is 0.509. The topological polar surface area (TPSA) is 66.0 Å². The Morgan fingerprint density at radius 2 is 1.41 bits per heavy atom. The Balaban J connectivity index is 3.17. The van der Waals surface area contributed by atoms with E-state index in [9.17, 15) is 14.4 Å². The highest BCUT2D eigenvalue weighted by Crippen LogP contribution is 1.98. The zero-order valence-electron chi connectivity index (χ0n) is 13.1. The molecule has 0 spiro atoms. The highest BCUT2D eigenvalue weighted by molar-refractivity contribution is 6.33. The van der Waals surface area contributed by atoms with E-state index in [0.717, 1.165) is 39.0 Å². The van der Waals surface area contributed by atoms with Gasteiger partial charge in [0.1, 0.15) is 0 Å². The van der Waals surface area contributed by atoms with E-state index in [1.807, 2.05) is 0 Å². The third kappa shape index (κ3) is 4.30. The van der Waals surface area contributed by atoms with Gasteiger partial charge in [0.2, 0.25) is 0 Å². The maximum absolute atomic E-state index is 12.3. The lowest BCUT2D eigenvalue weighted by atomic mass is 10.3. The van der Waals surface area contributed by atoms with Crippen molar-refractivity contribution >= 4 is 9.52 Å². The molecule has 22 heavy (non-hydrogen) atoms. The second-order valence-electron chi connectivity index (χ2n) is 4.94. The minimum Gasteiger partial charge on any atom is -0.248 e. The molecule has 0 aliphatic carbocycles. The van der Waals surface area contributed by atoms with Crippen LogP contribution in [-0.2, 0) is 19.3 Å². The average Bonchev–Trinajstić information content (AvgIpc) is 2.51. The van der Waals surface area contributed by atoms with Crippen LogP contribution in [0.5, 0.6) is 0 Å². The normalized spacial score (nSPS) is 10.6. The van der Waals surface area contributed by atoms with Crippen LogP contribution in [0.25, 0.3) is 0 Å². The first-order valence-electron chi connectivity index (χ1n) is 7.45. The summed E-state index contributed by atoms with van der Waals surface area (Å²) in [6.07, 6.45) is 6.69. The van der Waals surface area contributed by atoms with Crippen LogP contribution in [0.15, 0.2) is 39.7 Å². The first-order chi connectivity index (χ1) is 10.6. The van der Waals surface area contributed by atoms with Gasteiger partial charge in [0.05, 0.1) is 22.6 Å². The summed E-state index contributed by atoms with van der Waals surface area (Å²) in [5, 5.41) is 0. The van der Waals surface area contributed by atoms with E-state index in [0.29, 0.717) is 15.7 Å².